The van der Waals surface area contributed by atoms with Gasteiger partial charge in [0.05, 0.1) is 6.61 Å². The molecule has 0 bridgehead atoms. The van der Waals surface area contributed by atoms with Crippen LogP contribution in [0.15, 0.2) is 53.0 Å². The van der Waals surface area contributed by atoms with Crippen molar-refractivity contribution in [3.05, 3.63) is 64.1 Å². The van der Waals surface area contributed by atoms with Crippen molar-refractivity contribution in [1.82, 2.24) is 0 Å². The fourth-order valence-electron chi connectivity index (χ4n) is 1.78. The average Bonchev–Trinajstić information content (AvgIpc) is 2.39. The molecule has 2 rings (SSSR count). The summed E-state index contributed by atoms with van der Waals surface area (Å²) in [6.45, 7) is 2.57. The normalized spacial score (nSPS) is 12.2. The summed E-state index contributed by atoms with van der Waals surface area (Å²) in [6.07, 6.45) is -0.626. The third-order valence-corrected chi connectivity index (χ3v) is 3.20. The van der Waals surface area contributed by atoms with Crippen LogP contribution in [-0.2, 0) is 0 Å². The van der Waals surface area contributed by atoms with Gasteiger partial charge in [-0.1, -0.05) is 40.2 Å². The molecule has 0 saturated carbocycles. The van der Waals surface area contributed by atoms with Gasteiger partial charge >= 0.3 is 0 Å². The Hall–Kier alpha value is -1.32. The van der Waals surface area contributed by atoms with Gasteiger partial charge in [0.2, 0.25) is 0 Å². The van der Waals surface area contributed by atoms with Crippen LogP contribution in [0.25, 0.3) is 0 Å². The van der Waals surface area contributed by atoms with Gasteiger partial charge in [-0.15, -0.1) is 0 Å². The minimum atomic E-state index is -0.626. The van der Waals surface area contributed by atoms with Crippen molar-refractivity contribution < 1.29 is 9.84 Å². The van der Waals surface area contributed by atoms with Crippen LogP contribution < -0.4 is 4.74 Å². The minimum absolute atomic E-state index is 0.623. The summed E-state index contributed by atoms with van der Waals surface area (Å²) in [4.78, 5) is 0. The van der Waals surface area contributed by atoms with E-state index in [4.69, 9.17) is 4.74 Å². The minimum Gasteiger partial charge on any atom is -0.494 e. The fourth-order valence-corrected chi connectivity index (χ4v) is 2.04. The standard InChI is InChI=1S/C15H15BrO2/c1-2-18-14-5-3-4-12(10-14)15(17)11-6-8-13(16)9-7-11/h3-10,15,17H,2H2,1H3. The van der Waals surface area contributed by atoms with Crippen LogP contribution in [0.3, 0.4) is 0 Å². The summed E-state index contributed by atoms with van der Waals surface area (Å²) in [5.41, 5.74) is 1.70. The van der Waals surface area contributed by atoms with E-state index in [2.05, 4.69) is 15.9 Å². The van der Waals surface area contributed by atoms with Crippen LogP contribution in [-0.4, -0.2) is 11.7 Å². The molecule has 2 aromatic carbocycles. The Kier molecular flexibility index (Phi) is 4.39. The van der Waals surface area contributed by atoms with E-state index in [1.54, 1.807) is 0 Å². The van der Waals surface area contributed by atoms with Crippen molar-refractivity contribution in [2.45, 2.75) is 13.0 Å². The van der Waals surface area contributed by atoms with Crippen molar-refractivity contribution >= 4 is 15.9 Å². The van der Waals surface area contributed by atoms with Gasteiger partial charge in [0.25, 0.3) is 0 Å². The predicted molar refractivity (Wildman–Crippen MR) is 75.8 cm³/mol. The maximum Gasteiger partial charge on any atom is 0.119 e. The number of benzene rings is 2. The zero-order chi connectivity index (χ0) is 13.0. The van der Waals surface area contributed by atoms with Gasteiger partial charge in [-0.2, -0.15) is 0 Å². The third-order valence-electron chi connectivity index (χ3n) is 2.67. The first-order valence-corrected chi connectivity index (χ1v) is 6.66. The first-order chi connectivity index (χ1) is 8.70. The summed E-state index contributed by atoms with van der Waals surface area (Å²) in [6, 6.07) is 15.2. The van der Waals surface area contributed by atoms with Crippen molar-refractivity contribution in [3.8, 4) is 5.75 Å². The van der Waals surface area contributed by atoms with Gasteiger partial charge in [0, 0.05) is 4.47 Å². The number of ether oxygens (including phenoxy) is 1. The molecule has 0 aromatic heterocycles. The number of hydrogen-bond donors (Lipinski definition) is 1. The Morgan fingerprint density at radius 1 is 1.11 bits per heavy atom. The van der Waals surface area contributed by atoms with Gasteiger partial charge in [-0.3, -0.25) is 0 Å². The van der Waals surface area contributed by atoms with E-state index >= 15 is 0 Å². The predicted octanol–water partition coefficient (Wildman–Crippen LogP) is 3.93. The molecule has 94 valence electrons. The molecule has 1 atom stereocenters. The van der Waals surface area contributed by atoms with E-state index in [0.29, 0.717) is 6.61 Å². The first-order valence-electron chi connectivity index (χ1n) is 5.87. The first kappa shape index (κ1) is 13.1. The maximum absolute atomic E-state index is 10.3. The number of hydrogen-bond acceptors (Lipinski definition) is 2. The van der Waals surface area contributed by atoms with E-state index in [0.717, 1.165) is 21.3 Å². The van der Waals surface area contributed by atoms with Crippen molar-refractivity contribution in [3.63, 3.8) is 0 Å². The summed E-state index contributed by atoms with van der Waals surface area (Å²) in [5.74, 6) is 0.783. The van der Waals surface area contributed by atoms with Crippen LogP contribution >= 0.6 is 15.9 Å². The molecule has 0 saturated heterocycles. The lowest BCUT2D eigenvalue weighted by molar-refractivity contribution is 0.219. The van der Waals surface area contributed by atoms with Crippen molar-refractivity contribution in [2.75, 3.05) is 6.61 Å². The molecule has 1 N–H and O–H groups in total. The van der Waals surface area contributed by atoms with Gasteiger partial charge < -0.3 is 9.84 Å². The SMILES string of the molecule is CCOc1cccc(C(O)c2ccc(Br)cc2)c1. The Morgan fingerprint density at radius 2 is 1.83 bits per heavy atom. The van der Waals surface area contributed by atoms with Crippen LogP contribution in [0.1, 0.15) is 24.2 Å². The molecule has 3 heteroatoms. The molecule has 2 nitrogen and oxygen atoms in total. The molecular weight excluding hydrogens is 292 g/mol. The lowest BCUT2D eigenvalue weighted by Gasteiger charge is -2.13. The number of aliphatic hydroxyl groups is 1. The zero-order valence-electron chi connectivity index (χ0n) is 10.1. The monoisotopic (exact) mass is 306 g/mol. The summed E-state index contributed by atoms with van der Waals surface area (Å²) < 4.78 is 6.43. The molecule has 0 aliphatic carbocycles. The van der Waals surface area contributed by atoms with Gasteiger partial charge in [0.1, 0.15) is 11.9 Å². The van der Waals surface area contributed by atoms with E-state index in [1.165, 1.54) is 0 Å². The van der Waals surface area contributed by atoms with E-state index < -0.39 is 6.10 Å². The van der Waals surface area contributed by atoms with Crippen LogP contribution in [0, 0.1) is 0 Å². The maximum atomic E-state index is 10.3. The molecule has 2 aromatic rings. The molecule has 0 spiro atoms. The molecule has 0 radical (unpaired) electrons. The third kappa shape index (κ3) is 3.12. The van der Waals surface area contributed by atoms with Gasteiger partial charge in [0.15, 0.2) is 0 Å². The molecule has 0 aliphatic rings. The topological polar surface area (TPSA) is 29.5 Å². The van der Waals surface area contributed by atoms with Crippen LogP contribution in [0.4, 0.5) is 0 Å². The van der Waals surface area contributed by atoms with E-state index in [9.17, 15) is 5.11 Å². The lowest BCUT2D eigenvalue weighted by atomic mass is 10.0. The second-order valence-corrected chi connectivity index (χ2v) is 4.88. The smallest absolute Gasteiger partial charge is 0.119 e. The summed E-state index contributed by atoms with van der Waals surface area (Å²) in [7, 11) is 0. The molecule has 0 aliphatic heterocycles. The Labute approximate surface area is 115 Å². The fraction of sp³-hybridized carbons (Fsp3) is 0.200. The second kappa shape index (κ2) is 6.03. The van der Waals surface area contributed by atoms with Crippen LogP contribution in [0.2, 0.25) is 0 Å². The Balaban J connectivity index is 2.24. The highest BCUT2D eigenvalue weighted by molar-refractivity contribution is 9.10. The molecule has 18 heavy (non-hydrogen) atoms. The van der Waals surface area contributed by atoms with Gasteiger partial charge in [-0.05, 0) is 42.3 Å². The molecule has 0 amide bonds. The van der Waals surface area contributed by atoms with Crippen LogP contribution in [0.5, 0.6) is 5.75 Å². The molecule has 0 fully saturated rings. The molecular formula is C15H15BrO2. The number of halogens is 1. The van der Waals surface area contributed by atoms with Crippen molar-refractivity contribution in [1.29, 1.82) is 0 Å². The lowest BCUT2D eigenvalue weighted by Crippen LogP contribution is -2.00. The highest BCUT2D eigenvalue weighted by Crippen LogP contribution is 2.26. The average molecular weight is 307 g/mol. The second-order valence-electron chi connectivity index (χ2n) is 3.96. The quantitative estimate of drug-likeness (QED) is 0.927. The molecule has 1 unspecified atom stereocenters. The summed E-state index contributed by atoms with van der Waals surface area (Å²) in [5, 5.41) is 10.3. The van der Waals surface area contributed by atoms with Crippen molar-refractivity contribution in [2.24, 2.45) is 0 Å². The highest BCUT2D eigenvalue weighted by atomic mass is 79.9. The summed E-state index contributed by atoms with van der Waals surface area (Å²) >= 11 is 3.38. The Bertz CT molecular complexity index is 508. The number of aliphatic hydroxyl groups excluding tert-OH is 1. The zero-order valence-corrected chi connectivity index (χ0v) is 11.7. The number of rotatable bonds is 4. The Morgan fingerprint density at radius 3 is 2.50 bits per heavy atom. The highest BCUT2D eigenvalue weighted by Gasteiger charge is 2.10. The van der Waals surface area contributed by atoms with E-state index in [-0.39, 0.29) is 0 Å². The van der Waals surface area contributed by atoms with E-state index in [1.807, 2.05) is 55.5 Å². The largest absolute Gasteiger partial charge is 0.494 e. The molecule has 0 heterocycles. The van der Waals surface area contributed by atoms with Gasteiger partial charge in [-0.25, -0.2) is 0 Å².